The molecule has 1 fully saturated rings. The van der Waals surface area contributed by atoms with Gasteiger partial charge in [-0.15, -0.1) is 11.3 Å². The Morgan fingerprint density at radius 2 is 2.33 bits per heavy atom. The van der Waals surface area contributed by atoms with E-state index in [0.717, 1.165) is 43.2 Å². The van der Waals surface area contributed by atoms with Crippen LogP contribution in [0.15, 0.2) is 0 Å². The number of aryl methyl sites for hydroxylation is 1. The average Bonchev–Trinajstić information content (AvgIpc) is 2.82. The van der Waals surface area contributed by atoms with Crippen molar-refractivity contribution in [3.8, 4) is 0 Å². The van der Waals surface area contributed by atoms with E-state index in [1.807, 2.05) is 0 Å². The second kappa shape index (κ2) is 5.55. The van der Waals surface area contributed by atoms with Crippen LogP contribution in [0.1, 0.15) is 37.3 Å². The van der Waals surface area contributed by atoms with Crippen LogP contribution in [0.5, 0.6) is 0 Å². The number of hydrogen-bond donors (Lipinski definition) is 1. The first-order valence-electron chi connectivity index (χ1n) is 6.60. The Labute approximate surface area is 113 Å². The van der Waals surface area contributed by atoms with E-state index in [-0.39, 0.29) is 5.60 Å². The minimum absolute atomic E-state index is 0.0425. The van der Waals surface area contributed by atoms with Gasteiger partial charge < -0.3 is 15.4 Å². The Hall–Kier alpha value is -0.650. The third kappa shape index (κ3) is 2.68. The molecule has 1 aromatic heterocycles. The van der Waals surface area contributed by atoms with E-state index in [0.29, 0.717) is 6.54 Å². The summed E-state index contributed by atoms with van der Waals surface area (Å²) in [5.74, 6) is 0. The van der Waals surface area contributed by atoms with Crippen LogP contribution in [-0.2, 0) is 17.7 Å². The third-order valence-corrected chi connectivity index (χ3v) is 4.89. The maximum absolute atomic E-state index is 5.78. The predicted molar refractivity (Wildman–Crippen MR) is 76.2 cm³/mol. The Balaban J connectivity index is 2.18. The fourth-order valence-corrected chi connectivity index (χ4v) is 3.53. The molecule has 0 radical (unpaired) electrons. The third-order valence-electron chi connectivity index (χ3n) is 3.71. The number of rotatable bonds is 4. The van der Waals surface area contributed by atoms with Crippen LogP contribution >= 0.6 is 11.3 Å². The number of aromatic nitrogens is 1. The quantitative estimate of drug-likeness (QED) is 0.910. The highest BCUT2D eigenvalue weighted by Gasteiger charge is 2.32. The molecule has 5 heteroatoms. The molecule has 0 bridgehead atoms. The molecule has 2 heterocycles. The first-order chi connectivity index (χ1) is 8.61. The molecule has 1 saturated heterocycles. The topological polar surface area (TPSA) is 51.4 Å². The molecule has 102 valence electrons. The number of piperidine rings is 1. The molecule has 0 aliphatic carbocycles. The summed E-state index contributed by atoms with van der Waals surface area (Å²) in [5.41, 5.74) is 6.89. The zero-order valence-corrected chi connectivity index (χ0v) is 12.3. The number of methoxy groups -OCH3 is 1. The highest BCUT2D eigenvalue weighted by molar-refractivity contribution is 7.15. The van der Waals surface area contributed by atoms with Crippen molar-refractivity contribution in [3.05, 3.63) is 10.6 Å². The zero-order chi connectivity index (χ0) is 13.2. The van der Waals surface area contributed by atoms with E-state index in [1.54, 1.807) is 18.4 Å². The minimum atomic E-state index is -0.0425. The highest BCUT2D eigenvalue weighted by atomic mass is 32.1. The minimum Gasteiger partial charge on any atom is -0.377 e. The first kappa shape index (κ1) is 13.8. The van der Waals surface area contributed by atoms with Gasteiger partial charge in [0.15, 0.2) is 5.13 Å². The number of nitrogens with zero attached hydrogens (tertiary/aromatic N) is 2. The summed E-state index contributed by atoms with van der Waals surface area (Å²) in [7, 11) is 1.80. The molecule has 0 aromatic carbocycles. The van der Waals surface area contributed by atoms with E-state index < -0.39 is 0 Å². The first-order valence-corrected chi connectivity index (χ1v) is 7.42. The summed E-state index contributed by atoms with van der Waals surface area (Å²) in [6.45, 7) is 6.89. The number of ether oxygens (including phenoxy) is 1. The molecule has 1 atom stereocenters. The van der Waals surface area contributed by atoms with Crippen LogP contribution in [0.3, 0.4) is 0 Å². The normalized spacial score (nSPS) is 24.6. The molecule has 0 amide bonds. The molecule has 1 aliphatic heterocycles. The smallest absolute Gasteiger partial charge is 0.185 e. The molecule has 2 N–H and O–H groups in total. The lowest BCUT2D eigenvalue weighted by Crippen LogP contribution is -2.47. The molecule has 18 heavy (non-hydrogen) atoms. The largest absolute Gasteiger partial charge is 0.377 e. The van der Waals surface area contributed by atoms with Gasteiger partial charge in [-0.25, -0.2) is 4.98 Å². The summed E-state index contributed by atoms with van der Waals surface area (Å²) in [6.07, 6.45) is 3.23. The zero-order valence-electron chi connectivity index (χ0n) is 11.5. The summed E-state index contributed by atoms with van der Waals surface area (Å²) < 4.78 is 5.63. The van der Waals surface area contributed by atoms with Crippen LogP contribution in [0, 0.1) is 0 Å². The Morgan fingerprint density at radius 3 is 2.89 bits per heavy atom. The second-order valence-electron chi connectivity index (χ2n) is 5.10. The lowest BCUT2D eigenvalue weighted by Gasteiger charge is -2.39. The number of hydrogen-bond acceptors (Lipinski definition) is 5. The van der Waals surface area contributed by atoms with Crippen molar-refractivity contribution in [2.75, 3.05) is 25.1 Å². The standard InChI is InChI=1S/C13H23N3OS/c1-4-10-11(8-14)18-12(15-10)16-7-5-6-13(2,9-16)17-3/h4-9,14H2,1-3H3. The van der Waals surface area contributed by atoms with E-state index in [2.05, 4.69) is 18.7 Å². The van der Waals surface area contributed by atoms with Crippen molar-refractivity contribution >= 4 is 16.5 Å². The van der Waals surface area contributed by atoms with Crippen LogP contribution in [0.25, 0.3) is 0 Å². The molecule has 1 aliphatic rings. The monoisotopic (exact) mass is 269 g/mol. The van der Waals surface area contributed by atoms with Crippen LogP contribution < -0.4 is 10.6 Å². The molecule has 0 spiro atoms. The van der Waals surface area contributed by atoms with Gasteiger partial charge in [-0.3, -0.25) is 0 Å². The van der Waals surface area contributed by atoms with E-state index in [1.165, 1.54) is 4.88 Å². The van der Waals surface area contributed by atoms with Crippen molar-refractivity contribution in [2.45, 2.75) is 45.3 Å². The van der Waals surface area contributed by atoms with Gasteiger partial charge in [0.2, 0.25) is 0 Å². The molecule has 4 nitrogen and oxygen atoms in total. The van der Waals surface area contributed by atoms with Gasteiger partial charge in [-0.2, -0.15) is 0 Å². The number of nitrogens with two attached hydrogens (primary N) is 1. The van der Waals surface area contributed by atoms with Gasteiger partial charge in [0.25, 0.3) is 0 Å². The number of anilines is 1. The van der Waals surface area contributed by atoms with E-state index in [4.69, 9.17) is 15.5 Å². The van der Waals surface area contributed by atoms with Gasteiger partial charge in [-0.1, -0.05) is 6.92 Å². The molecule has 1 unspecified atom stereocenters. The van der Waals surface area contributed by atoms with E-state index >= 15 is 0 Å². The van der Waals surface area contributed by atoms with Crippen molar-refractivity contribution in [1.29, 1.82) is 0 Å². The maximum Gasteiger partial charge on any atom is 0.185 e. The van der Waals surface area contributed by atoms with Gasteiger partial charge in [-0.05, 0) is 26.2 Å². The molecule has 2 rings (SSSR count). The van der Waals surface area contributed by atoms with Crippen molar-refractivity contribution in [1.82, 2.24) is 4.98 Å². The fraction of sp³-hybridized carbons (Fsp3) is 0.769. The Bertz CT molecular complexity index is 385. The van der Waals surface area contributed by atoms with E-state index in [9.17, 15) is 0 Å². The molecule has 0 saturated carbocycles. The molecular formula is C13H23N3OS. The summed E-state index contributed by atoms with van der Waals surface area (Å²) in [5, 5.41) is 1.11. The van der Waals surface area contributed by atoms with Crippen LogP contribution in [-0.4, -0.2) is 30.8 Å². The van der Waals surface area contributed by atoms with Crippen LogP contribution in [0.4, 0.5) is 5.13 Å². The SMILES string of the molecule is CCc1nc(N2CCCC(C)(OC)C2)sc1CN. The average molecular weight is 269 g/mol. The van der Waals surface area contributed by atoms with Gasteiger partial charge >= 0.3 is 0 Å². The lowest BCUT2D eigenvalue weighted by molar-refractivity contribution is -0.00466. The fourth-order valence-electron chi connectivity index (χ4n) is 2.48. The maximum atomic E-state index is 5.78. The molecule has 1 aromatic rings. The van der Waals surface area contributed by atoms with Gasteiger partial charge in [0.1, 0.15) is 0 Å². The summed E-state index contributed by atoms with van der Waals surface area (Å²) in [4.78, 5) is 8.29. The lowest BCUT2D eigenvalue weighted by atomic mass is 9.95. The van der Waals surface area contributed by atoms with Crippen molar-refractivity contribution in [3.63, 3.8) is 0 Å². The number of thiazole rings is 1. The molecular weight excluding hydrogens is 246 g/mol. The van der Waals surface area contributed by atoms with Crippen molar-refractivity contribution in [2.24, 2.45) is 5.73 Å². The van der Waals surface area contributed by atoms with Gasteiger partial charge in [0, 0.05) is 31.6 Å². The Kier molecular flexibility index (Phi) is 4.25. The second-order valence-corrected chi connectivity index (χ2v) is 6.17. The highest BCUT2D eigenvalue weighted by Crippen LogP contribution is 2.32. The predicted octanol–water partition coefficient (Wildman–Crippen LogP) is 2.17. The van der Waals surface area contributed by atoms with Crippen molar-refractivity contribution < 1.29 is 4.74 Å². The van der Waals surface area contributed by atoms with Crippen LogP contribution in [0.2, 0.25) is 0 Å². The Morgan fingerprint density at radius 1 is 1.56 bits per heavy atom. The summed E-state index contributed by atoms with van der Waals surface area (Å²) in [6, 6.07) is 0. The summed E-state index contributed by atoms with van der Waals surface area (Å²) >= 11 is 1.74. The van der Waals surface area contributed by atoms with Gasteiger partial charge in [0.05, 0.1) is 11.3 Å².